The number of anilines is 1. The summed E-state index contributed by atoms with van der Waals surface area (Å²) in [7, 11) is 1.62. The van der Waals surface area contributed by atoms with Crippen molar-refractivity contribution in [2.75, 3.05) is 12.8 Å². The third-order valence-electron chi connectivity index (χ3n) is 2.25. The van der Waals surface area contributed by atoms with E-state index in [4.69, 9.17) is 15.2 Å². The van der Waals surface area contributed by atoms with E-state index in [9.17, 15) is 0 Å². The van der Waals surface area contributed by atoms with E-state index in [1.807, 2.05) is 19.1 Å². The van der Waals surface area contributed by atoms with Gasteiger partial charge in [-0.15, -0.1) is 0 Å². The van der Waals surface area contributed by atoms with Crippen LogP contribution in [0.1, 0.15) is 12.5 Å². The van der Waals surface area contributed by atoms with Gasteiger partial charge in [-0.05, 0) is 13.0 Å². The van der Waals surface area contributed by atoms with E-state index >= 15 is 0 Å². The first-order chi connectivity index (χ1) is 6.20. The Hall–Kier alpha value is -1.38. The standard InChI is InChI=1S/C10H13NO2/c1-6-3-7-4-10(12-2)8(11)5-9(7)13-6/h4-6H,3,11H2,1-2H3/t6-/m1/s1. The first-order valence-corrected chi connectivity index (χ1v) is 4.33. The summed E-state index contributed by atoms with van der Waals surface area (Å²) < 4.78 is 10.7. The summed E-state index contributed by atoms with van der Waals surface area (Å²) in [6, 6.07) is 3.78. The fraction of sp³-hybridized carbons (Fsp3) is 0.400. The first kappa shape index (κ1) is 8.23. The molecule has 0 aliphatic carbocycles. The maximum absolute atomic E-state index is 5.74. The number of hydrogen-bond acceptors (Lipinski definition) is 3. The quantitative estimate of drug-likeness (QED) is 0.666. The molecule has 2 rings (SSSR count). The highest BCUT2D eigenvalue weighted by atomic mass is 16.5. The van der Waals surface area contributed by atoms with Gasteiger partial charge in [-0.2, -0.15) is 0 Å². The maximum atomic E-state index is 5.74. The minimum absolute atomic E-state index is 0.251. The van der Waals surface area contributed by atoms with E-state index in [2.05, 4.69) is 0 Å². The molecule has 1 aromatic rings. The molecule has 0 saturated heterocycles. The molecule has 1 aliphatic rings. The highest BCUT2D eigenvalue weighted by molar-refractivity contribution is 5.60. The highest BCUT2D eigenvalue weighted by Crippen LogP contribution is 2.35. The second-order valence-corrected chi connectivity index (χ2v) is 3.33. The molecule has 13 heavy (non-hydrogen) atoms. The number of benzene rings is 1. The summed E-state index contributed by atoms with van der Waals surface area (Å²) in [6.45, 7) is 2.04. The summed E-state index contributed by atoms with van der Waals surface area (Å²) in [6.07, 6.45) is 1.19. The zero-order chi connectivity index (χ0) is 9.42. The van der Waals surface area contributed by atoms with Crippen LogP contribution in [0.25, 0.3) is 0 Å². The Morgan fingerprint density at radius 3 is 3.00 bits per heavy atom. The van der Waals surface area contributed by atoms with Crippen LogP contribution in [-0.4, -0.2) is 13.2 Å². The smallest absolute Gasteiger partial charge is 0.142 e. The van der Waals surface area contributed by atoms with Crippen molar-refractivity contribution < 1.29 is 9.47 Å². The number of hydrogen-bond donors (Lipinski definition) is 1. The number of fused-ring (bicyclic) bond motifs is 1. The van der Waals surface area contributed by atoms with Gasteiger partial charge in [0.25, 0.3) is 0 Å². The van der Waals surface area contributed by atoms with Gasteiger partial charge in [0.2, 0.25) is 0 Å². The molecule has 0 fully saturated rings. The average molecular weight is 179 g/mol. The molecule has 0 bridgehead atoms. The lowest BCUT2D eigenvalue weighted by Crippen LogP contribution is -2.05. The van der Waals surface area contributed by atoms with Gasteiger partial charge in [-0.3, -0.25) is 0 Å². The van der Waals surface area contributed by atoms with Crippen LogP contribution >= 0.6 is 0 Å². The van der Waals surface area contributed by atoms with Crippen molar-refractivity contribution in [2.45, 2.75) is 19.4 Å². The highest BCUT2D eigenvalue weighted by Gasteiger charge is 2.20. The van der Waals surface area contributed by atoms with Crippen LogP contribution in [0.4, 0.5) is 5.69 Å². The molecule has 1 heterocycles. The van der Waals surface area contributed by atoms with Crippen LogP contribution in [-0.2, 0) is 6.42 Å². The van der Waals surface area contributed by atoms with Crippen LogP contribution in [0.2, 0.25) is 0 Å². The summed E-state index contributed by atoms with van der Waals surface area (Å²) in [5.74, 6) is 1.63. The largest absolute Gasteiger partial charge is 0.495 e. The Labute approximate surface area is 77.5 Å². The minimum atomic E-state index is 0.251. The van der Waals surface area contributed by atoms with Crippen molar-refractivity contribution in [3.8, 4) is 11.5 Å². The number of nitrogen functional groups attached to an aromatic ring is 1. The van der Waals surface area contributed by atoms with Crippen LogP contribution in [0.15, 0.2) is 12.1 Å². The molecule has 0 radical (unpaired) electrons. The molecule has 0 saturated carbocycles. The molecule has 0 aromatic heterocycles. The molecule has 1 aliphatic heterocycles. The van der Waals surface area contributed by atoms with Crippen molar-refractivity contribution in [3.05, 3.63) is 17.7 Å². The molecule has 3 heteroatoms. The van der Waals surface area contributed by atoms with E-state index in [-0.39, 0.29) is 6.10 Å². The monoisotopic (exact) mass is 179 g/mol. The number of ether oxygens (including phenoxy) is 2. The zero-order valence-corrected chi connectivity index (χ0v) is 7.83. The molecular weight excluding hydrogens is 166 g/mol. The second kappa shape index (κ2) is 2.83. The zero-order valence-electron chi connectivity index (χ0n) is 7.83. The Morgan fingerprint density at radius 1 is 1.54 bits per heavy atom. The fourth-order valence-corrected chi connectivity index (χ4v) is 1.63. The summed E-state index contributed by atoms with van der Waals surface area (Å²) >= 11 is 0. The minimum Gasteiger partial charge on any atom is -0.495 e. The topological polar surface area (TPSA) is 44.5 Å². The SMILES string of the molecule is COc1cc2c(cc1N)O[C@H](C)C2. The Kier molecular flexibility index (Phi) is 1.79. The third-order valence-corrected chi connectivity index (χ3v) is 2.25. The molecule has 0 unspecified atom stereocenters. The van der Waals surface area contributed by atoms with Crippen molar-refractivity contribution in [2.24, 2.45) is 0 Å². The lowest BCUT2D eigenvalue weighted by molar-refractivity contribution is 0.254. The predicted molar refractivity (Wildman–Crippen MR) is 51.2 cm³/mol. The lowest BCUT2D eigenvalue weighted by atomic mass is 10.1. The van der Waals surface area contributed by atoms with E-state index in [0.717, 1.165) is 17.9 Å². The van der Waals surface area contributed by atoms with Crippen molar-refractivity contribution in [3.63, 3.8) is 0 Å². The maximum Gasteiger partial charge on any atom is 0.142 e. The van der Waals surface area contributed by atoms with Crippen molar-refractivity contribution >= 4 is 5.69 Å². The number of nitrogens with two attached hydrogens (primary N) is 1. The molecule has 2 N–H and O–H groups in total. The van der Waals surface area contributed by atoms with E-state index < -0.39 is 0 Å². The molecule has 70 valence electrons. The van der Waals surface area contributed by atoms with E-state index in [0.29, 0.717) is 5.69 Å². The predicted octanol–water partition coefficient (Wildman–Crippen LogP) is 1.60. The van der Waals surface area contributed by atoms with Gasteiger partial charge in [0, 0.05) is 18.1 Å². The third kappa shape index (κ3) is 1.30. The van der Waals surface area contributed by atoms with Crippen LogP contribution in [0, 0.1) is 0 Å². The van der Waals surface area contributed by atoms with E-state index in [1.165, 1.54) is 5.56 Å². The summed E-state index contributed by atoms with van der Waals surface area (Å²) in [5.41, 5.74) is 7.56. The van der Waals surface area contributed by atoms with Gasteiger partial charge in [0.05, 0.1) is 12.8 Å². The Balaban J connectivity index is 2.44. The average Bonchev–Trinajstić information content (AvgIpc) is 2.42. The summed E-state index contributed by atoms with van der Waals surface area (Å²) in [5, 5.41) is 0. The number of methoxy groups -OCH3 is 1. The normalized spacial score (nSPS) is 19.4. The fourth-order valence-electron chi connectivity index (χ4n) is 1.63. The van der Waals surface area contributed by atoms with Gasteiger partial charge >= 0.3 is 0 Å². The molecule has 0 spiro atoms. The van der Waals surface area contributed by atoms with Crippen LogP contribution < -0.4 is 15.2 Å². The second-order valence-electron chi connectivity index (χ2n) is 3.33. The molecule has 1 atom stereocenters. The molecule has 1 aromatic carbocycles. The van der Waals surface area contributed by atoms with Crippen LogP contribution in [0.5, 0.6) is 11.5 Å². The van der Waals surface area contributed by atoms with Gasteiger partial charge < -0.3 is 15.2 Å². The molecule has 0 amide bonds. The molecular formula is C10H13NO2. The molecule has 3 nitrogen and oxygen atoms in total. The van der Waals surface area contributed by atoms with Crippen molar-refractivity contribution in [1.82, 2.24) is 0 Å². The summed E-state index contributed by atoms with van der Waals surface area (Å²) in [4.78, 5) is 0. The van der Waals surface area contributed by atoms with Gasteiger partial charge in [-0.1, -0.05) is 0 Å². The lowest BCUT2D eigenvalue weighted by Gasteiger charge is -2.06. The first-order valence-electron chi connectivity index (χ1n) is 4.33. The van der Waals surface area contributed by atoms with E-state index in [1.54, 1.807) is 7.11 Å². The van der Waals surface area contributed by atoms with Gasteiger partial charge in [0.1, 0.15) is 17.6 Å². The number of rotatable bonds is 1. The van der Waals surface area contributed by atoms with Crippen molar-refractivity contribution in [1.29, 1.82) is 0 Å². The van der Waals surface area contributed by atoms with Gasteiger partial charge in [0.15, 0.2) is 0 Å². The van der Waals surface area contributed by atoms with Crippen LogP contribution in [0.3, 0.4) is 0 Å². The Bertz CT molecular complexity index is 336. The Morgan fingerprint density at radius 2 is 2.31 bits per heavy atom. The van der Waals surface area contributed by atoms with Gasteiger partial charge in [-0.25, -0.2) is 0 Å².